The molecule has 4 aromatic rings. The van der Waals surface area contributed by atoms with Gasteiger partial charge in [0, 0.05) is 30.7 Å². The highest BCUT2D eigenvalue weighted by atomic mass is 19.4. The maximum atomic E-state index is 13.0. The van der Waals surface area contributed by atoms with Crippen molar-refractivity contribution in [3.05, 3.63) is 83.8 Å². The molecule has 10 heteroatoms. The molecule has 0 unspecified atom stereocenters. The lowest BCUT2D eigenvalue weighted by Gasteiger charge is -2.16. The highest BCUT2D eigenvalue weighted by Crippen LogP contribution is 2.50. The number of amides is 1. The number of pyridine rings is 1. The van der Waals surface area contributed by atoms with Gasteiger partial charge in [-0.1, -0.05) is 6.07 Å². The Morgan fingerprint density at radius 3 is 2.64 bits per heavy atom. The molecular weight excluding hydrogens is 473 g/mol. The number of fused-ring (bicyclic) bond motifs is 1. The summed E-state index contributed by atoms with van der Waals surface area (Å²) in [5, 5.41) is 17.9. The molecule has 2 heterocycles. The summed E-state index contributed by atoms with van der Waals surface area (Å²) in [5.41, 5.74) is 1.39. The summed E-state index contributed by atoms with van der Waals surface area (Å²) < 4.78 is 46.2. The molecule has 7 nitrogen and oxygen atoms in total. The monoisotopic (exact) mass is 496 g/mol. The van der Waals surface area contributed by atoms with Gasteiger partial charge < -0.3 is 15.2 Å². The molecule has 0 bridgehead atoms. The van der Waals surface area contributed by atoms with Crippen LogP contribution in [0.25, 0.3) is 10.9 Å². The van der Waals surface area contributed by atoms with Gasteiger partial charge in [-0.25, -0.2) is 0 Å². The molecule has 36 heavy (non-hydrogen) atoms. The fourth-order valence-electron chi connectivity index (χ4n) is 4.35. The third-order valence-electron chi connectivity index (χ3n) is 6.21. The van der Waals surface area contributed by atoms with Crippen LogP contribution < -0.4 is 10.1 Å². The molecular formula is C26H23F3N4O3. The summed E-state index contributed by atoms with van der Waals surface area (Å²) in [5.74, 6) is 0.0974. The van der Waals surface area contributed by atoms with Crippen molar-refractivity contribution >= 4 is 16.8 Å². The average Bonchev–Trinajstić information content (AvgIpc) is 3.56. The summed E-state index contributed by atoms with van der Waals surface area (Å²) >= 11 is 0. The predicted octanol–water partition coefficient (Wildman–Crippen LogP) is 4.73. The minimum absolute atomic E-state index is 0.110. The molecule has 2 N–H and O–H groups in total. The maximum absolute atomic E-state index is 13.0. The van der Waals surface area contributed by atoms with E-state index in [0.29, 0.717) is 17.9 Å². The topological polar surface area (TPSA) is 89.3 Å². The van der Waals surface area contributed by atoms with Gasteiger partial charge >= 0.3 is 6.18 Å². The summed E-state index contributed by atoms with van der Waals surface area (Å²) in [7, 11) is 1.79. The van der Waals surface area contributed by atoms with E-state index >= 15 is 0 Å². The highest BCUT2D eigenvalue weighted by Gasteiger charge is 2.46. The molecule has 0 aliphatic heterocycles. The molecule has 1 amide bonds. The van der Waals surface area contributed by atoms with Crippen LogP contribution in [0.5, 0.6) is 11.5 Å². The van der Waals surface area contributed by atoms with Crippen LogP contribution in [0.4, 0.5) is 13.2 Å². The van der Waals surface area contributed by atoms with Gasteiger partial charge in [-0.15, -0.1) is 0 Å². The number of halogens is 3. The second-order valence-electron chi connectivity index (χ2n) is 8.82. The Kier molecular flexibility index (Phi) is 6.13. The molecule has 2 aromatic heterocycles. The van der Waals surface area contributed by atoms with Crippen molar-refractivity contribution in [2.24, 2.45) is 13.0 Å². The van der Waals surface area contributed by atoms with Crippen LogP contribution in [0.3, 0.4) is 0 Å². The first-order valence-electron chi connectivity index (χ1n) is 11.4. The van der Waals surface area contributed by atoms with Gasteiger partial charge in [-0.05, 0) is 66.4 Å². The molecule has 1 aliphatic carbocycles. The molecule has 3 atom stereocenters. The number of carbonyl (C=O) groups is 1. The van der Waals surface area contributed by atoms with Crippen LogP contribution in [0.15, 0.2) is 67.0 Å². The number of ether oxygens (including phenoxy) is 1. The minimum Gasteiger partial charge on any atom is -0.457 e. The predicted molar refractivity (Wildman–Crippen MR) is 125 cm³/mol. The first-order chi connectivity index (χ1) is 17.2. The van der Waals surface area contributed by atoms with E-state index in [4.69, 9.17) is 4.74 Å². The number of aromatic nitrogens is 3. The minimum atomic E-state index is -4.42. The Balaban J connectivity index is 1.36. The number of alkyl halides is 3. The van der Waals surface area contributed by atoms with E-state index in [-0.39, 0.29) is 30.1 Å². The zero-order valence-electron chi connectivity index (χ0n) is 19.2. The number of hydrogen-bond donors (Lipinski definition) is 2. The van der Waals surface area contributed by atoms with Crippen LogP contribution in [0.2, 0.25) is 0 Å². The lowest BCUT2D eigenvalue weighted by atomic mass is 10.0. The van der Waals surface area contributed by atoms with Gasteiger partial charge in [0.2, 0.25) is 5.91 Å². The van der Waals surface area contributed by atoms with E-state index in [1.54, 1.807) is 48.3 Å². The Morgan fingerprint density at radius 2 is 1.97 bits per heavy atom. The normalized spacial score (nSPS) is 18.1. The first kappa shape index (κ1) is 23.8. The van der Waals surface area contributed by atoms with Crippen LogP contribution in [-0.2, 0) is 18.0 Å². The molecule has 0 radical (unpaired) electrons. The van der Waals surface area contributed by atoms with Crippen LogP contribution in [0.1, 0.15) is 35.2 Å². The van der Waals surface area contributed by atoms with E-state index < -0.39 is 17.8 Å². The first-order valence-corrected chi connectivity index (χ1v) is 11.4. The molecule has 1 aliphatic rings. The lowest BCUT2D eigenvalue weighted by molar-refractivity contribution is -0.137. The third kappa shape index (κ3) is 4.90. The van der Waals surface area contributed by atoms with Crippen molar-refractivity contribution in [1.82, 2.24) is 20.1 Å². The molecule has 5 rings (SSSR count). The molecule has 1 fully saturated rings. The largest absolute Gasteiger partial charge is 0.457 e. The Bertz CT molecular complexity index is 1390. The van der Waals surface area contributed by atoms with Crippen LogP contribution in [-0.4, -0.2) is 32.4 Å². The quantitative estimate of drug-likeness (QED) is 0.386. The van der Waals surface area contributed by atoms with Gasteiger partial charge in [-0.3, -0.25) is 14.5 Å². The maximum Gasteiger partial charge on any atom is 0.416 e. The second-order valence-corrected chi connectivity index (χ2v) is 8.82. The van der Waals surface area contributed by atoms with E-state index in [0.717, 1.165) is 28.6 Å². The number of aliphatic hydroxyl groups excluding tert-OH is 1. The van der Waals surface area contributed by atoms with Crippen LogP contribution >= 0.6 is 0 Å². The average molecular weight is 496 g/mol. The summed E-state index contributed by atoms with van der Waals surface area (Å²) in [4.78, 5) is 17.2. The van der Waals surface area contributed by atoms with Gasteiger partial charge in [0.25, 0.3) is 0 Å². The second kappa shape index (κ2) is 9.27. The van der Waals surface area contributed by atoms with Crippen molar-refractivity contribution in [3.63, 3.8) is 0 Å². The summed E-state index contributed by atoms with van der Waals surface area (Å²) in [6.45, 7) is -0.277. The number of nitrogens with zero attached hydrogens (tertiary/aromatic N) is 3. The lowest BCUT2D eigenvalue weighted by Crippen LogP contribution is -2.32. The highest BCUT2D eigenvalue weighted by molar-refractivity contribution is 5.88. The molecule has 1 saturated carbocycles. The molecule has 2 aromatic carbocycles. The van der Waals surface area contributed by atoms with Crippen molar-refractivity contribution in [2.45, 2.75) is 24.6 Å². The zero-order chi connectivity index (χ0) is 25.4. The number of benzene rings is 2. The number of hydrogen-bond acceptors (Lipinski definition) is 5. The van der Waals surface area contributed by atoms with Gasteiger partial charge in [-0.2, -0.15) is 18.3 Å². The van der Waals surface area contributed by atoms with Crippen molar-refractivity contribution < 1.29 is 27.8 Å². The number of carbonyl (C=O) groups excluding carboxylic acids is 1. The SMILES string of the molecule is Cn1cc2cc(Oc3ccc(C(F)(F)F)cc3)cc([C@H]3C[C@@H]3C(=O)N[C@@H](CO)c3ccccn3)c2n1. The van der Waals surface area contributed by atoms with E-state index in [9.17, 15) is 23.1 Å². The Hall–Kier alpha value is -3.92. The fourth-order valence-corrected chi connectivity index (χ4v) is 4.35. The summed E-state index contributed by atoms with van der Waals surface area (Å²) in [6, 6.07) is 12.7. The molecule has 0 saturated heterocycles. The smallest absolute Gasteiger partial charge is 0.416 e. The van der Waals surface area contributed by atoms with Gasteiger partial charge in [0.05, 0.1) is 29.4 Å². The van der Waals surface area contributed by atoms with Crippen molar-refractivity contribution in [1.29, 1.82) is 0 Å². The molecule has 0 spiro atoms. The van der Waals surface area contributed by atoms with E-state index in [1.165, 1.54) is 12.1 Å². The molecule has 186 valence electrons. The number of nitrogens with one attached hydrogen (secondary N) is 1. The van der Waals surface area contributed by atoms with Crippen molar-refractivity contribution in [2.75, 3.05) is 6.61 Å². The summed E-state index contributed by atoms with van der Waals surface area (Å²) in [6.07, 6.45) is -0.405. The third-order valence-corrected chi connectivity index (χ3v) is 6.21. The fraction of sp³-hybridized carbons (Fsp3) is 0.269. The van der Waals surface area contributed by atoms with Crippen molar-refractivity contribution in [3.8, 4) is 11.5 Å². The van der Waals surface area contributed by atoms with Gasteiger partial charge in [0.15, 0.2) is 0 Å². The number of aryl methyl sites for hydroxylation is 1. The van der Waals surface area contributed by atoms with Gasteiger partial charge in [0.1, 0.15) is 11.5 Å². The zero-order valence-corrected chi connectivity index (χ0v) is 19.2. The Morgan fingerprint density at radius 1 is 1.19 bits per heavy atom. The standard InChI is InChI=1S/C26H23F3N4O3/c1-33-13-15-10-18(36-17-7-5-16(6-8-17)26(27,28)29)11-20(24(15)32-33)19-12-21(19)25(35)31-23(14-34)22-4-2-3-9-30-22/h2-11,13,19,21,23,34H,12,14H2,1H3,(H,31,35)/t19-,21+,23+/m1/s1. The van der Waals surface area contributed by atoms with E-state index in [2.05, 4.69) is 15.4 Å². The van der Waals surface area contributed by atoms with E-state index in [1.807, 2.05) is 6.20 Å². The number of rotatable bonds is 7. The van der Waals surface area contributed by atoms with Crippen LogP contribution in [0, 0.1) is 5.92 Å². The Labute approximate surface area is 204 Å². The number of aliphatic hydroxyl groups is 1.